The maximum atomic E-state index is 12.3. The standard InChI is InChI=1S/C14H23N3O/c1-2-8-17-9-7-16-14(17)10-13(18)11-5-3-4-6-12(11)15/h7,9,11-12H,2-6,8,10,15H2,1H3. The van der Waals surface area contributed by atoms with E-state index >= 15 is 0 Å². The van der Waals surface area contributed by atoms with Crippen molar-refractivity contribution in [3.05, 3.63) is 18.2 Å². The summed E-state index contributed by atoms with van der Waals surface area (Å²) in [5, 5.41) is 0. The first kappa shape index (κ1) is 13.3. The van der Waals surface area contributed by atoms with E-state index < -0.39 is 0 Å². The maximum Gasteiger partial charge on any atom is 0.145 e. The fraction of sp³-hybridized carbons (Fsp3) is 0.714. The number of hydrogen-bond donors (Lipinski definition) is 1. The number of imidazole rings is 1. The average Bonchev–Trinajstić information content (AvgIpc) is 2.78. The number of ketones is 1. The number of aromatic nitrogens is 2. The van der Waals surface area contributed by atoms with E-state index in [9.17, 15) is 4.79 Å². The molecule has 0 saturated heterocycles. The second kappa shape index (κ2) is 6.14. The highest BCUT2D eigenvalue weighted by Crippen LogP contribution is 2.24. The van der Waals surface area contributed by atoms with Crippen molar-refractivity contribution >= 4 is 5.78 Å². The van der Waals surface area contributed by atoms with Gasteiger partial charge in [-0.25, -0.2) is 4.98 Å². The Morgan fingerprint density at radius 2 is 2.28 bits per heavy atom. The molecule has 4 heteroatoms. The van der Waals surface area contributed by atoms with Crippen LogP contribution in [-0.4, -0.2) is 21.4 Å². The average molecular weight is 249 g/mol. The number of aryl methyl sites for hydroxylation is 1. The molecule has 1 aromatic heterocycles. The molecule has 2 unspecified atom stereocenters. The first-order chi connectivity index (χ1) is 8.72. The Hall–Kier alpha value is -1.16. The third-order valence-corrected chi connectivity index (χ3v) is 3.83. The highest BCUT2D eigenvalue weighted by atomic mass is 16.1. The van der Waals surface area contributed by atoms with Gasteiger partial charge in [-0.2, -0.15) is 0 Å². The van der Waals surface area contributed by atoms with Gasteiger partial charge in [-0.1, -0.05) is 19.8 Å². The zero-order valence-corrected chi connectivity index (χ0v) is 11.1. The van der Waals surface area contributed by atoms with Gasteiger partial charge in [0.1, 0.15) is 11.6 Å². The molecule has 100 valence electrons. The molecule has 2 atom stereocenters. The SMILES string of the molecule is CCCn1ccnc1CC(=O)C1CCCCC1N. The van der Waals surface area contributed by atoms with Crippen LogP contribution in [0.25, 0.3) is 0 Å². The van der Waals surface area contributed by atoms with E-state index in [1.807, 2.05) is 6.20 Å². The van der Waals surface area contributed by atoms with Crippen molar-refractivity contribution in [2.75, 3.05) is 0 Å². The summed E-state index contributed by atoms with van der Waals surface area (Å²) in [6.07, 6.45) is 9.45. The van der Waals surface area contributed by atoms with E-state index in [0.29, 0.717) is 6.42 Å². The number of rotatable bonds is 5. The summed E-state index contributed by atoms with van der Waals surface area (Å²) in [4.78, 5) is 16.6. The second-order valence-corrected chi connectivity index (χ2v) is 5.23. The lowest BCUT2D eigenvalue weighted by atomic mass is 9.81. The van der Waals surface area contributed by atoms with Crippen LogP contribution in [0.1, 0.15) is 44.9 Å². The van der Waals surface area contributed by atoms with Gasteiger partial charge in [0.2, 0.25) is 0 Å². The van der Waals surface area contributed by atoms with E-state index in [1.54, 1.807) is 6.20 Å². The molecular formula is C14H23N3O. The second-order valence-electron chi connectivity index (χ2n) is 5.23. The van der Waals surface area contributed by atoms with Crippen LogP contribution in [0.15, 0.2) is 12.4 Å². The lowest BCUT2D eigenvalue weighted by Gasteiger charge is -2.27. The summed E-state index contributed by atoms with van der Waals surface area (Å²) in [5.74, 6) is 1.20. The van der Waals surface area contributed by atoms with Crippen LogP contribution in [0.2, 0.25) is 0 Å². The fourth-order valence-electron chi connectivity index (χ4n) is 2.80. The van der Waals surface area contributed by atoms with Gasteiger partial charge in [-0.15, -0.1) is 0 Å². The fourth-order valence-corrected chi connectivity index (χ4v) is 2.80. The molecule has 18 heavy (non-hydrogen) atoms. The zero-order chi connectivity index (χ0) is 13.0. The smallest absolute Gasteiger partial charge is 0.145 e. The van der Waals surface area contributed by atoms with E-state index in [4.69, 9.17) is 5.73 Å². The van der Waals surface area contributed by atoms with Gasteiger partial charge < -0.3 is 10.3 Å². The summed E-state index contributed by atoms with van der Waals surface area (Å²) in [5.41, 5.74) is 6.06. The molecular weight excluding hydrogens is 226 g/mol. The minimum atomic E-state index is 0.0468. The Kier molecular flexibility index (Phi) is 4.53. The minimum absolute atomic E-state index is 0.0468. The Balaban J connectivity index is 1.99. The third-order valence-electron chi connectivity index (χ3n) is 3.83. The summed E-state index contributed by atoms with van der Waals surface area (Å²) < 4.78 is 2.08. The molecule has 1 aliphatic carbocycles. The Labute approximate surface area is 109 Å². The highest BCUT2D eigenvalue weighted by molar-refractivity contribution is 5.83. The molecule has 0 aromatic carbocycles. The van der Waals surface area contributed by atoms with Gasteiger partial charge in [-0.3, -0.25) is 4.79 Å². The van der Waals surface area contributed by atoms with Crippen molar-refractivity contribution in [1.82, 2.24) is 9.55 Å². The minimum Gasteiger partial charge on any atom is -0.335 e. The van der Waals surface area contributed by atoms with Crippen LogP contribution < -0.4 is 5.73 Å². The van der Waals surface area contributed by atoms with Crippen LogP contribution in [0.4, 0.5) is 0 Å². The lowest BCUT2D eigenvalue weighted by molar-refractivity contribution is -0.123. The highest BCUT2D eigenvalue weighted by Gasteiger charge is 2.28. The van der Waals surface area contributed by atoms with Crippen molar-refractivity contribution in [2.24, 2.45) is 11.7 Å². The van der Waals surface area contributed by atoms with Crippen molar-refractivity contribution in [2.45, 2.75) is 58.0 Å². The van der Waals surface area contributed by atoms with E-state index in [1.165, 1.54) is 0 Å². The number of hydrogen-bond acceptors (Lipinski definition) is 3. The normalized spacial score (nSPS) is 24.1. The molecule has 0 bridgehead atoms. The monoisotopic (exact) mass is 249 g/mol. The molecule has 1 heterocycles. The molecule has 1 saturated carbocycles. The van der Waals surface area contributed by atoms with Crippen LogP contribution in [-0.2, 0) is 17.8 Å². The van der Waals surface area contributed by atoms with Crippen LogP contribution >= 0.6 is 0 Å². The van der Waals surface area contributed by atoms with Crippen molar-refractivity contribution in [1.29, 1.82) is 0 Å². The van der Waals surface area contributed by atoms with Crippen molar-refractivity contribution in [3.63, 3.8) is 0 Å². The predicted octanol–water partition coefficient (Wildman–Crippen LogP) is 1.92. The zero-order valence-electron chi connectivity index (χ0n) is 11.1. The van der Waals surface area contributed by atoms with Crippen LogP contribution in [0.5, 0.6) is 0 Å². The molecule has 2 N–H and O–H groups in total. The summed E-state index contributed by atoms with van der Waals surface area (Å²) in [6.45, 7) is 3.06. The Bertz CT molecular complexity index is 399. The van der Waals surface area contributed by atoms with Gasteiger partial charge in [0.25, 0.3) is 0 Å². The lowest BCUT2D eigenvalue weighted by Crippen LogP contribution is -2.39. The van der Waals surface area contributed by atoms with E-state index in [2.05, 4.69) is 16.5 Å². The number of nitrogens with zero attached hydrogens (tertiary/aromatic N) is 2. The van der Waals surface area contributed by atoms with Gasteiger partial charge >= 0.3 is 0 Å². The maximum absolute atomic E-state index is 12.3. The van der Waals surface area contributed by atoms with Gasteiger partial charge in [-0.05, 0) is 19.3 Å². The van der Waals surface area contributed by atoms with Gasteiger partial charge in [0.05, 0.1) is 6.42 Å². The van der Waals surface area contributed by atoms with Gasteiger partial charge in [0.15, 0.2) is 0 Å². The number of carbonyl (C=O) groups is 1. The summed E-state index contributed by atoms with van der Waals surface area (Å²) >= 11 is 0. The molecule has 0 spiro atoms. The molecule has 1 aromatic rings. The summed E-state index contributed by atoms with van der Waals surface area (Å²) in [7, 11) is 0. The largest absolute Gasteiger partial charge is 0.335 e. The third kappa shape index (κ3) is 2.99. The number of Topliss-reactive ketones (excluding diaryl/α,β-unsaturated/α-hetero) is 1. The molecule has 1 fully saturated rings. The molecule has 2 rings (SSSR count). The van der Waals surface area contributed by atoms with Crippen molar-refractivity contribution in [3.8, 4) is 0 Å². The van der Waals surface area contributed by atoms with Crippen LogP contribution in [0, 0.1) is 5.92 Å². The summed E-state index contributed by atoms with van der Waals surface area (Å²) in [6, 6.07) is 0.0563. The van der Waals surface area contributed by atoms with Gasteiger partial charge in [0, 0.05) is 30.9 Å². The van der Waals surface area contributed by atoms with E-state index in [0.717, 1.165) is 44.5 Å². The van der Waals surface area contributed by atoms with Crippen LogP contribution in [0.3, 0.4) is 0 Å². The van der Waals surface area contributed by atoms with Crippen molar-refractivity contribution < 1.29 is 4.79 Å². The number of nitrogens with two attached hydrogens (primary N) is 1. The Morgan fingerprint density at radius 1 is 1.50 bits per heavy atom. The molecule has 0 radical (unpaired) electrons. The predicted molar refractivity (Wildman–Crippen MR) is 71.2 cm³/mol. The Morgan fingerprint density at radius 3 is 3.00 bits per heavy atom. The topological polar surface area (TPSA) is 60.9 Å². The molecule has 1 aliphatic rings. The first-order valence-electron chi connectivity index (χ1n) is 7.00. The quantitative estimate of drug-likeness (QED) is 0.867. The number of carbonyl (C=O) groups excluding carboxylic acids is 1. The first-order valence-corrected chi connectivity index (χ1v) is 7.00. The molecule has 0 amide bonds. The van der Waals surface area contributed by atoms with E-state index in [-0.39, 0.29) is 17.7 Å². The molecule has 0 aliphatic heterocycles. The molecule has 4 nitrogen and oxygen atoms in total.